The zero-order chi connectivity index (χ0) is 19.4. The average Bonchev–Trinajstić information content (AvgIpc) is 3.11. The second-order valence-corrected chi connectivity index (χ2v) is 7.12. The number of carbonyl (C=O) groups excluding carboxylic acids is 2. The number of alkyl halides is 2. The fourth-order valence-corrected chi connectivity index (χ4v) is 3.84. The van der Waals surface area contributed by atoms with Crippen LogP contribution in [0.25, 0.3) is 0 Å². The number of halogens is 2. The molecule has 0 saturated carbocycles. The van der Waals surface area contributed by atoms with Crippen molar-refractivity contribution in [1.82, 2.24) is 15.5 Å². The van der Waals surface area contributed by atoms with Crippen molar-refractivity contribution in [2.24, 2.45) is 0 Å². The molecule has 1 aromatic carbocycles. The Morgan fingerprint density at radius 1 is 1.30 bits per heavy atom. The summed E-state index contributed by atoms with van der Waals surface area (Å²) in [5, 5.41) is 6.38. The average molecular weight is 381 g/mol. The zero-order valence-corrected chi connectivity index (χ0v) is 15.3. The highest BCUT2D eigenvalue weighted by Gasteiger charge is 2.36. The van der Waals surface area contributed by atoms with Crippen molar-refractivity contribution in [1.29, 1.82) is 0 Å². The molecule has 2 heterocycles. The van der Waals surface area contributed by atoms with Gasteiger partial charge in [0.1, 0.15) is 11.8 Å². The molecule has 3 unspecified atom stereocenters. The van der Waals surface area contributed by atoms with Crippen molar-refractivity contribution in [3.8, 4) is 5.75 Å². The van der Waals surface area contributed by atoms with Gasteiger partial charge in [-0.15, -0.1) is 0 Å². The van der Waals surface area contributed by atoms with Crippen LogP contribution in [0.3, 0.4) is 0 Å². The highest BCUT2D eigenvalue weighted by atomic mass is 19.3. The standard InChI is InChI=1S/C19H25F2N3O3/c1-12-11-13(8-9-22-12)23-17(25)15-6-4-10-24(15)18(26)14-5-2-3-7-16(14)27-19(20)21/h2-3,5,7,12-13,15,19,22H,4,6,8-11H2,1H3,(H,23,25). The summed E-state index contributed by atoms with van der Waals surface area (Å²) in [4.78, 5) is 27.1. The molecule has 0 aromatic heterocycles. The highest BCUT2D eigenvalue weighted by molar-refractivity contribution is 6.00. The molecule has 2 aliphatic rings. The van der Waals surface area contributed by atoms with Gasteiger partial charge in [0.15, 0.2) is 0 Å². The molecule has 2 aliphatic heterocycles. The van der Waals surface area contributed by atoms with Gasteiger partial charge in [0.2, 0.25) is 5.91 Å². The number of amides is 2. The van der Waals surface area contributed by atoms with Crippen LogP contribution in [0.15, 0.2) is 24.3 Å². The Morgan fingerprint density at radius 2 is 2.07 bits per heavy atom. The van der Waals surface area contributed by atoms with Crippen molar-refractivity contribution >= 4 is 11.8 Å². The van der Waals surface area contributed by atoms with E-state index in [4.69, 9.17) is 0 Å². The van der Waals surface area contributed by atoms with E-state index < -0.39 is 18.6 Å². The van der Waals surface area contributed by atoms with E-state index in [0.29, 0.717) is 25.4 Å². The Bertz CT molecular complexity index is 686. The van der Waals surface area contributed by atoms with E-state index in [1.807, 2.05) is 0 Å². The third-order valence-electron chi connectivity index (χ3n) is 5.12. The molecule has 2 amide bonds. The maximum absolute atomic E-state index is 12.9. The summed E-state index contributed by atoms with van der Waals surface area (Å²) in [6.07, 6.45) is 2.96. The summed E-state index contributed by atoms with van der Waals surface area (Å²) in [7, 11) is 0. The van der Waals surface area contributed by atoms with Gasteiger partial charge in [-0.25, -0.2) is 0 Å². The van der Waals surface area contributed by atoms with Crippen LogP contribution in [0.5, 0.6) is 5.75 Å². The number of hydrogen-bond acceptors (Lipinski definition) is 4. The maximum Gasteiger partial charge on any atom is 0.387 e. The first-order chi connectivity index (χ1) is 13.0. The molecule has 0 radical (unpaired) electrons. The van der Waals surface area contributed by atoms with Crippen LogP contribution in [-0.2, 0) is 4.79 Å². The molecular weight excluding hydrogens is 356 g/mol. The first-order valence-corrected chi connectivity index (χ1v) is 9.34. The van der Waals surface area contributed by atoms with E-state index in [1.54, 1.807) is 6.07 Å². The molecule has 2 saturated heterocycles. The van der Waals surface area contributed by atoms with Gasteiger partial charge in [0, 0.05) is 18.6 Å². The molecule has 3 atom stereocenters. The van der Waals surface area contributed by atoms with E-state index >= 15 is 0 Å². The number of carbonyl (C=O) groups is 2. The molecular formula is C19H25F2N3O3. The van der Waals surface area contributed by atoms with Crippen LogP contribution in [0.2, 0.25) is 0 Å². The summed E-state index contributed by atoms with van der Waals surface area (Å²) in [5.41, 5.74) is 0.0491. The Hall–Kier alpha value is -2.22. The molecule has 27 heavy (non-hydrogen) atoms. The van der Waals surface area contributed by atoms with Crippen molar-refractivity contribution in [2.75, 3.05) is 13.1 Å². The molecule has 8 heteroatoms. The van der Waals surface area contributed by atoms with Crippen LogP contribution < -0.4 is 15.4 Å². The Morgan fingerprint density at radius 3 is 2.81 bits per heavy atom. The van der Waals surface area contributed by atoms with Crippen molar-refractivity contribution in [2.45, 2.75) is 57.3 Å². The second kappa shape index (κ2) is 8.65. The fourth-order valence-electron chi connectivity index (χ4n) is 3.84. The zero-order valence-electron chi connectivity index (χ0n) is 15.3. The quantitative estimate of drug-likeness (QED) is 0.820. The molecule has 2 fully saturated rings. The van der Waals surface area contributed by atoms with E-state index in [1.165, 1.54) is 23.1 Å². The van der Waals surface area contributed by atoms with Crippen LogP contribution in [0.4, 0.5) is 8.78 Å². The first kappa shape index (κ1) is 19.5. The summed E-state index contributed by atoms with van der Waals surface area (Å²) in [5.74, 6) is -0.800. The molecule has 0 spiro atoms. The molecule has 0 aliphatic carbocycles. The van der Waals surface area contributed by atoms with Gasteiger partial charge in [-0.2, -0.15) is 8.78 Å². The van der Waals surface area contributed by atoms with Crippen molar-refractivity contribution in [3.63, 3.8) is 0 Å². The van der Waals surface area contributed by atoms with Gasteiger partial charge in [-0.05, 0) is 51.3 Å². The third-order valence-corrected chi connectivity index (χ3v) is 5.12. The number of rotatable bonds is 5. The Labute approximate surface area is 157 Å². The van der Waals surface area contributed by atoms with Crippen LogP contribution in [0.1, 0.15) is 43.0 Å². The number of ether oxygens (including phenoxy) is 1. The molecule has 2 N–H and O–H groups in total. The predicted molar refractivity (Wildman–Crippen MR) is 95.8 cm³/mol. The molecule has 6 nitrogen and oxygen atoms in total. The van der Waals surface area contributed by atoms with Gasteiger partial charge >= 0.3 is 6.61 Å². The number of para-hydroxylation sites is 1. The normalized spacial score (nSPS) is 25.5. The summed E-state index contributed by atoms with van der Waals surface area (Å²) < 4.78 is 29.7. The lowest BCUT2D eigenvalue weighted by Crippen LogP contribution is -2.52. The Balaban J connectivity index is 1.70. The van der Waals surface area contributed by atoms with Crippen LogP contribution >= 0.6 is 0 Å². The number of nitrogens with zero attached hydrogens (tertiary/aromatic N) is 1. The van der Waals surface area contributed by atoms with E-state index in [0.717, 1.165) is 19.4 Å². The SMILES string of the molecule is CC1CC(NC(=O)C2CCCN2C(=O)c2ccccc2OC(F)F)CCN1. The number of likely N-dealkylation sites (tertiary alicyclic amines) is 1. The summed E-state index contributed by atoms with van der Waals surface area (Å²) in [6.45, 7) is 0.322. The third kappa shape index (κ3) is 4.74. The van der Waals surface area contributed by atoms with Crippen molar-refractivity contribution in [3.05, 3.63) is 29.8 Å². The van der Waals surface area contributed by atoms with E-state index in [-0.39, 0.29) is 23.3 Å². The number of nitrogens with one attached hydrogen (secondary N) is 2. The van der Waals surface area contributed by atoms with Gasteiger partial charge in [0.05, 0.1) is 5.56 Å². The van der Waals surface area contributed by atoms with Gasteiger partial charge in [0.25, 0.3) is 5.91 Å². The lowest BCUT2D eigenvalue weighted by Gasteiger charge is -2.31. The molecule has 1 aromatic rings. The lowest BCUT2D eigenvalue weighted by atomic mass is 10.00. The lowest BCUT2D eigenvalue weighted by molar-refractivity contribution is -0.125. The summed E-state index contributed by atoms with van der Waals surface area (Å²) >= 11 is 0. The largest absolute Gasteiger partial charge is 0.434 e. The molecule has 0 bridgehead atoms. The minimum atomic E-state index is -3.02. The Kier molecular flexibility index (Phi) is 6.26. The number of benzene rings is 1. The highest BCUT2D eigenvalue weighted by Crippen LogP contribution is 2.26. The van der Waals surface area contributed by atoms with E-state index in [2.05, 4.69) is 22.3 Å². The van der Waals surface area contributed by atoms with Crippen molar-refractivity contribution < 1.29 is 23.1 Å². The number of piperidine rings is 1. The number of hydrogen-bond donors (Lipinski definition) is 2. The van der Waals surface area contributed by atoms with Gasteiger partial charge in [-0.3, -0.25) is 9.59 Å². The van der Waals surface area contributed by atoms with Crippen LogP contribution in [0, 0.1) is 0 Å². The minimum absolute atomic E-state index is 0.0491. The predicted octanol–water partition coefficient (Wildman–Crippen LogP) is 2.15. The first-order valence-electron chi connectivity index (χ1n) is 9.34. The minimum Gasteiger partial charge on any atom is -0.434 e. The topological polar surface area (TPSA) is 70.7 Å². The second-order valence-electron chi connectivity index (χ2n) is 7.12. The fraction of sp³-hybridized carbons (Fsp3) is 0.579. The summed E-state index contributed by atoms with van der Waals surface area (Å²) in [6, 6.07) is 5.74. The monoisotopic (exact) mass is 381 g/mol. The molecule has 148 valence electrons. The van der Waals surface area contributed by atoms with Crippen LogP contribution in [-0.4, -0.2) is 54.5 Å². The van der Waals surface area contributed by atoms with Gasteiger partial charge < -0.3 is 20.3 Å². The smallest absolute Gasteiger partial charge is 0.387 e. The van der Waals surface area contributed by atoms with E-state index in [9.17, 15) is 18.4 Å². The maximum atomic E-state index is 12.9. The molecule has 3 rings (SSSR count). The van der Waals surface area contributed by atoms with Gasteiger partial charge in [-0.1, -0.05) is 12.1 Å².